The van der Waals surface area contributed by atoms with Gasteiger partial charge in [0.25, 0.3) is 5.92 Å². The Morgan fingerprint density at radius 2 is 2.04 bits per heavy atom. The molecular weight excluding hydrogens is 354 g/mol. The fraction of sp³-hybridized carbons (Fsp3) is 0.400. The number of hydrogen-bond acceptors (Lipinski definition) is 3. The van der Waals surface area contributed by atoms with E-state index in [-0.39, 0.29) is 25.5 Å². The maximum absolute atomic E-state index is 13.5. The molecule has 0 bridgehead atoms. The van der Waals surface area contributed by atoms with Gasteiger partial charge in [0, 0.05) is 18.9 Å². The van der Waals surface area contributed by atoms with Crippen LogP contribution in [0.3, 0.4) is 0 Å². The van der Waals surface area contributed by atoms with E-state index in [2.05, 4.69) is 5.32 Å². The van der Waals surface area contributed by atoms with E-state index in [0.717, 1.165) is 10.5 Å². The fourth-order valence-electron chi connectivity index (χ4n) is 3.21. The highest BCUT2D eigenvalue weighted by Crippen LogP contribution is 2.28. The average Bonchev–Trinajstić information content (AvgIpc) is 3.05. The summed E-state index contributed by atoms with van der Waals surface area (Å²) in [6.45, 7) is -0.569. The summed E-state index contributed by atoms with van der Waals surface area (Å²) in [6, 6.07) is 8.20. The predicted molar refractivity (Wildman–Crippen MR) is 96.1 cm³/mol. The van der Waals surface area contributed by atoms with Crippen molar-refractivity contribution in [1.29, 1.82) is 0 Å². The Bertz CT molecular complexity index is 734. The Labute approximate surface area is 156 Å². The molecule has 27 heavy (non-hydrogen) atoms. The summed E-state index contributed by atoms with van der Waals surface area (Å²) in [5, 5.41) is 2.58. The second-order valence-corrected chi connectivity index (χ2v) is 6.76. The van der Waals surface area contributed by atoms with Crippen molar-refractivity contribution in [2.45, 2.75) is 31.4 Å². The number of halogens is 2. The average molecular weight is 376 g/mol. The number of alkyl halides is 2. The number of carbonyl (C=O) groups is 2. The number of carbonyl (C=O) groups excluding carboxylic acids is 2. The Kier molecular flexibility index (Phi) is 5.88. The minimum Gasteiger partial charge on any atom is -0.445 e. The van der Waals surface area contributed by atoms with E-state index in [1.807, 2.05) is 42.5 Å². The van der Waals surface area contributed by atoms with E-state index in [1.54, 1.807) is 12.2 Å². The first-order valence-corrected chi connectivity index (χ1v) is 8.92. The van der Waals surface area contributed by atoms with Crippen LogP contribution < -0.4 is 5.32 Å². The van der Waals surface area contributed by atoms with Crippen molar-refractivity contribution in [3.8, 4) is 0 Å². The van der Waals surface area contributed by atoms with Crippen molar-refractivity contribution >= 4 is 12.0 Å². The van der Waals surface area contributed by atoms with Crippen molar-refractivity contribution in [2.24, 2.45) is 5.92 Å². The number of allylic oxidation sites excluding steroid dienone is 3. The summed E-state index contributed by atoms with van der Waals surface area (Å²) < 4.78 is 32.2. The largest absolute Gasteiger partial charge is 0.445 e. The van der Waals surface area contributed by atoms with Crippen molar-refractivity contribution in [1.82, 2.24) is 10.2 Å². The summed E-state index contributed by atoms with van der Waals surface area (Å²) in [6.07, 6.45) is 6.74. The molecule has 2 atom stereocenters. The lowest BCUT2D eigenvalue weighted by Crippen LogP contribution is -2.52. The lowest BCUT2D eigenvalue weighted by molar-refractivity contribution is -0.134. The zero-order valence-electron chi connectivity index (χ0n) is 14.8. The van der Waals surface area contributed by atoms with E-state index in [4.69, 9.17) is 4.74 Å². The molecule has 1 N–H and O–H groups in total. The monoisotopic (exact) mass is 376 g/mol. The molecule has 3 rings (SSSR count). The summed E-state index contributed by atoms with van der Waals surface area (Å²) in [5.41, 5.74) is 0.815. The number of amides is 2. The van der Waals surface area contributed by atoms with Gasteiger partial charge in [0.2, 0.25) is 5.91 Å². The van der Waals surface area contributed by atoms with Crippen molar-refractivity contribution in [3.05, 3.63) is 60.2 Å². The number of rotatable bonds is 5. The minimum absolute atomic E-state index is 0.0185. The van der Waals surface area contributed by atoms with E-state index >= 15 is 0 Å². The highest BCUT2D eigenvalue weighted by Gasteiger charge is 2.43. The van der Waals surface area contributed by atoms with Crippen LogP contribution >= 0.6 is 0 Å². The lowest BCUT2D eigenvalue weighted by atomic mass is 9.92. The molecule has 0 aromatic heterocycles. The van der Waals surface area contributed by atoms with Crippen LogP contribution in [0.2, 0.25) is 0 Å². The summed E-state index contributed by atoms with van der Waals surface area (Å²) in [4.78, 5) is 26.1. The van der Waals surface area contributed by atoms with Crippen LogP contribution in [0.5, 0.6) is 0 Å². The second kappa shape index (κ2) is 8.33. The highest BCUT2D eigenvalue weighted by atomic mass is 19.3. The van der Waals surface area contributed by atoms with Gasteiger partial charge in [-0.05, 0) is 12.0 Å². The molecule has 1 aromatic rings. The molecule has 0 spiro atoms. The number of nitrogens with zero attached hydrogens (tertiary/aromatic N) is 1. The van der Waals surface area contributed by atoms with Gasteiger partial charge in [-0.25, -0.2) is 13.6 Å². The smallest absolute Gasteiger partial charge is 0.408 e. The molecular formula is C20H22F2N2O3. The molecule has 144 valence electrons. The Morgan fingerprint density at radius 3 is 2.67 bits per heavy atom. The number of likely N-dealkylation sites (tertiary alicyclic amines) is 1. The molecule has 5 nitrogen and oxygen atoms in total. The molecule has 0 saturated carbocycles. The van der Waals surface area contributed by atoms with E-state index in [1.165, 1.54) is 0 Å². The summed E-state index contributed by atoms with van der Waals surface area (Å²) in [7, 11) is 0. The van der Waals surface area contributed by atoms with Gasteiger partial charge in [-0.15, -0.1) is 0 Å². The fourth-order valence-corrected chi connectivity index (χ4v) is 3.21. The van der Waals surface area contributed by atoms with Gasteiger partial charge < -0.3 is 15.0 Å². The first-order chi connectivity index (χ1) is 12.9. The van der Waals surface area contributed by atoms with Gasteiger partial charge >= 0.3 is 6.09 Å². The third-order valence-corrected chi connectivity index (χ3v) is 4.68. The van der Waals surface area contributed by atoms with Crippen molar-refractivity contribution < 1.29 is 23.1 Å². The third-order valence-electron chi connectivity index (χ3n) is 4.68. The first-order valence-electron chi connectivity index (χ1n) is 8.92. The van der Waals surface area contributed by atoms with Crippen molar-refractivity contribution in [2.75, 3.05) is 13.1 Å². The molecule has 0 radical (unpaired) electrons. The van der Waals surface area contributed by atoms with E-state index < -0.39 is 30.5 Å². The molecule has 2 amide bonds. The van der Waals surface area contributed by atoms with Crippen LogP contribution in [0.25, 0.3) is 0 Å². The van der Waals surface area contributed by atoms with Crippen LogP contribution in [-0.4, -0.2) is 42.0 Å². The Hall–Kier alpha value is -2.70. The van der Waals surface area contributed by atoms with Crippen LogP contribution in [0.15, 0.2) is 54.6 Å². The van der Waals surface area contributed by atoms with E-state index in [0.29, 0.717) is 6.42 Å². The first kappa shape index (κ1) is 19.1. The predicted octanol–water partition coefficient (Wildman–Crippen LogP) is 3.28. The maximum atomic E-state index is 13.5. The lowest BCUT2D eigenvalue weighted by Gasteiger charge is -2.29. The van der Waals surface area contributed by atoms with Gasteiger partial charge in [-0.1, -0.05) is 54.6 Å². The molecule has 1 heterocycles. The molecule has 1 aromatic carbocycles. The highest BCUT2D eigenvalue weighted by molar-refractivity contribution is 5.86. The maximum Gasteiger partial charge on any atom is 0.408 e. The third kappa shape index (κ3) is 5.15. The molecule has 1 unspecified atom stereocenters. The standard InChI is InChI=1S/C20H22F2N2O3/c21-20(22)11-12-24(14-20)18(25)17(16-9-5-2-6-10-16)23-19(26)27-13-15-7-3-1-4-8-15/h1-9,16-17H,10-14H2,(H,23,26)/t16?,17-/m0/s1. The molecule has 1 aliphatic heterocycles. The molecule has 2 aliphatic rings. The number of hydrogen-bond donors (Lipinski definition) is 1. The van der Waals surface area contributed by atoms with Crippen LogP contribution in [0.1, 0.15) is 18.4 Å². The number of ether oxygens (including phenoxy) is 1. The van der Waals surface area contributed by atoms with Gasteiger partial charge in [0.05, 0.1) is 6.54 Å². The SMILES string of the molecule is O=C(N[C@H](C(=O)N1CCC(F)(F)C1)C1C=CC=CC1)OCc1ccccc1. The van der Waals surface area contributed by atoms with Crippen molar-refractivity contribution in [3.63, 3.8) is 0 Å². The summed E-state index contributed by atoms with van der Waals surface area (Å²) >= 11 is 0. The molecule has 7 heteroatoms. The van der Waals surface area contributed by atoms with Gasteiger partial charge in [-0.2, -0.15) is 0 Å². The molecule has 1 saturated heterocycles. The second-order valence-electron chi connectivity index (χ2n) is 6.76. The molecule has 1 aliphatic carbocycles. The van der Waals surface area contributed by atoms with Gasteiger partial charge in [0.15, 0.2) is 0 Å². The zero-order valence-corrected chi connectivity index (χ0v) is 14.8. The molecule has 1 fully saturated rings. The number of benzene rings is 1. The van der Waals surface area contributed by atoms with Crippen LogP contribution in [0.4, 0.5) is 13.6 Å². The quantitative estimate of drug-likeness (QED) is 0.858. The topological polar surface area (TPSA) is 58.6 Å². The van der Waals surface area contributed by atoms with Crippen LogP contribution in [0, 0.1) is 5.92 Å². The number of alkyl carbamates (subject to hydrolysis) is 1. The van der Waals surface area contributed by atoms with Gasteiger partial charge in [0.1, 0.15) is 12.6 Å². The Morgan fingerprint density at radius 1 is 1.26 bits per heavy atom. The minimum atomic E-state index is -2.88. The Balaban J connectivity index is 1.64. The van der Waals surface area contributed by atoms with Crippen LogP contribution in [-0.2, 0) is 16.1 Å². The normalized spacial score (nSPS) is 21.7. The van der Waals surface area contributed by atoms with Gasteiger partial charge in [-0.3, -0.25) is 4.79 Å². The zero-order chi connectivity index (χ0) is 19.3. The number of nitrogens with one attached hydrogen (secondary N) is 1. The van der Waals surface area contributed by atoms with E-state index in [9.17, 15) is 18.4 Å². The summed E-state index contributed by atoms with van der Waals surface area (Å²) in [5.74, 6) is -3.69.